The monoisotopic (exact) mass is 183 g/mol. The van der Waals surface area contributed by atoms with Gasteiger partial charge in [0.1, 0.15) is 16.8 Å². The lowest BCUT2D eigenvalue weighted by molar-refractivity contribution is -0.115. The van der Waals surface area contributed by atoms with Gasteiger partial charge >= 0.3 is 0 Å². The minimum atomic E-state index is -0.0770. The third-order valence-electron chi connectivity index (χ3n) is 1.66. The van der Waals surface area contributed by atoms with Crippen molar-refractivity contribution in [1.29, 1.82) is 0 Å². The summed E-state index contributed by atoms with van der Waals surface area (Å²) in [6.07, 6.45) is 0.286. The molecule has 2 heterocycles. The molecular weight excluding hydrogens is 178 g/mol. The van der Waals surface area contributed by atoms with Gasteiger partial charge in [0.15, 0.2) is 0 Å². The minimum absolute atomic E-state index is 0.0770. The summed E-state index contributed by atoms with van der Waals surface area (Å²) in [7, 11) is 0. The smallest absolute Gasteiger partial charge is 0.230 e. The predicted octanol–water partition coefficient (Wildman–Crippen LogP) is 0.933. The molecule has 0 unspecified atom stereocenters. The van der Waals surface area contributed by atoms with Crippen molar-refractivity contribution >= 4 is 23.3 Å². The maximum atomic E-state index is 10.9. The third-order valence-corrected chi connectivity index (χ3v) is 1.98. The topological polar surface area (TPSA) is 54.9 Å². The SMILES string of the molecule is Cc1nc(Cl)c2c(n1)NC(=O)C2. The van der Waals surface area contributed by atoms with Gasteiger partial charge in [-0.3, -0.25) is 4.79 Å². The van der Waals surface area contributed by atoms with Gasteiger partial charge in [-0.2, -0.15) is 0 Å². The van der Waals surface area contributed by atoms with Crippen LogP contribution in [0.3, 0.4) is 0 Å². The Morgan fingerprint density at radius 1 is 1.50 bits per heavy atom. The molecule has 0 radical (unpaired) electrons. The first-order valence-corrected chi connectivity index (χ1v) is 3.87. The molecule has 2 rings (SSSR count). The lowest BCUT2D eigenvalue weighted by atomic mass is 10.3. The molecule has 1 aromatic rings. The first-order chi connectivity index (χ1) is 5.66. The highest BCUT2D eigenvalue weighted by Crippen LogP contribution is 2.26. The third kappa shape index (κ3) is 1.04. The Balaban J connectivity index is 2.59. The van der Waals surface area contributed by atoms with Crippen LogP contribution in [0.1, 0.15) is 11.4 Å². The van der Waals surface area contributed by atoms with E-state index in [0.29, 0.717) is 22.4 Å². The maximum absolute atomic E-state index is 10.9. The predicted molar refractivity (Wildman–Crippen MR) is 44.1 cm³/mol. The number of fused-ring (bicyclic) bond motifs is 1. The number of hydrogen-bond acceptors (Lipinski definition) is 3. The number of carbonyl (C=O) groups is 1. The van der Waals surface area contributed by atoms with Gasteiger partial charge in [-0.25, -0.2) is 9.97 Å². The summed E-state index contributed by atoms with van der Waals surface area (Å²) in [5, 5.41) is 2.98. The zero-order valence-corrected chi connectivity index (χ0v) is 7.14. The molecule has 0 fully saturated rings. The highest BCUT2D eigenvalue weighted by molar-refractivity contribution is 6.31. The zero-order chi connectivity index (χ0) is 8.72. The highest BCUT2D eigenvalue weighted by atomic mass is 35.5. The summed E-state index contributed by atoms with van der Waals surface area (Å²) in [4.78, 5) is 18.9. The van der Waals surface area contributed by atoms with Crippen molar-refractivity contribution in [2.75, 3.05) is 5.32 Å². The Kier molecular flexibility index (Phi) is 1.51. The first kappa shape index (κ1) is 7.49. The second-order valence-corrected chi connectivity index (χ2v) is 2.97. The van der Waals surface area contributed by atoms with Gasteiger partial charge < -0.3 is 5.32 Å². The number of halogens is 1. The van der Waals surface area contributed by atoms with Crippen LogP contribution in [-0.4, -0.2) is 15.9 Å². The van der Waals surface area contributed by atoms with Gasteiger partial charge in [0, 0.05) is 5.56 Å². The van der Waals surface area contributed by atoms with Gasteiger partial charge in [0.25, 0.3) is 0 Å². The van der Waals surface area contributed by atoms with E-state index in [-0.39, 0.29) is 12.3 Å². The van der Waals surface area contributed by atoms with Crippen molar-refractivity contribution in [1.82, 2.24) is 9.97 Å². The number of amides is 1. The van der Waals surface area contributed by atoms with E-state index < -0.39 is 0 Å². The number of anilines is 1. The molecule has 1 N–H and O–H groups in total. The van der Waals surface area contributed by atoms with Crippen molar-refractivity contribution < 1.29 is 4.79 Å². The van der Waals surface area contributed by atoms with Gasteiger partial charge in [-0.1, -0.05) is 11.6 Å². The molecule has 1 aliphatic heterocycles. The van der Waals surface area contributed by atoms with Crippen LogP contribution in [0.2, 0.25) is 5.15 Å². The summed E-state index contributed by atoms with van der Waals surface area (Å²) in [5.41, 5.74) is 0.701. The summed E-state index contributed by atoms with van der Waals surface area (Å²) in [5.74, 6) is 1.05. The largest absolute Gasteiger partial charge is 0.310 e. The molecule has 0 saturated carbocycles. The molecule has 4 nitrogen and oxygen atoms in total. The van der Waals surface area contributed by atoms with Crippen molar-refractivity contribution in [2.24, 2.45) is 0 Å². The molecule has 0 saturated heterocycles. The molecule has 1 aliphatic rings. The number of hydrogen-bond donors (Lipinski definition) is 1. The molecule has 5 heteroatoms. The van der Waals surface area contributed by atoms with Gasteiger partial charge in [0.2, 0.25) is 5.91 Å². The standard InChI is InChI=1S/C7H6ClN3O/c1-3-9-6(8)4-2-5(12)11-7(4)10-3/h2H2,1H3,(H,9,10,11,12). The minimum Gasteiger partial charge on any atom is -0.310 e. The van der Waals surface area contributed by atoms with Crippen LogP contribution in [0, 0.1) is 6.92 Å². The van der Waals surface area contributed by atoms with E-state index in [1.807, 2.05) is 0 Å². The van der Waals surface area contributed by atoms with E-state index in [2.05, 4.69) is 15.3 Å². The lowest BCUT2D eigenvalue weighted by Gasteiger charge is -1.99. The van der Waals surface area contributed by atoms with E-state index in [0.717, 1.165) is 0 Å². The van der Waals surface area contributed by atoms with Crippen LogP contribution >= 0.6 is 11.6 Å². The van der Waals surface area contributed by atoms with E-state index in [1.54, 1.807) is 6.92 Å². The number of aryl methyl sites for hydroxylation is 1. The Morgan fingerprint density at radius 2 is 2.25 bits per heavy atom. The fourth-order valence-electron chi connectivity index (χ4n) is 1.16. The Bertz CT molecular complexity index is 364. The molecule has 0 aliphatic carbocycles. The number of carbonyl (C=O) groups excluding carboxylic acids is 1. The van der Waals surface area contributed by atoms with Crippen LogP contribution < -0.4 is 5.32 Å². The number of aromatic nitrogens is 2. The molecule has 0 bridgehead atoms. The van der Waals surface area contributed by atoms with Crippen LogP contribution in [0.4, 0.5) is 5.82 Å². The van der Waals surface area contributed by atoms with Crippen molar-refractivity contribution in [2.45, 2.75) is 13.3 Å². The van der Waals surface area contributed by atoms with Crippen LogP contribution in [-0.2, 0) is 11.2 Å². The molecule has 1 amide bonds. The highest BCUT2D eigenvalue weighted by Gasteiger charge is 2.22. The van der Waals surface area contributed by atoms with Gasteiger partial charge in [0.05, 0.1) is 6.42 Å². The average Bonchev–Trinajstić information content (AvgIpc) is 2.29. The van der Waals surface area contributed by atoms with Crippen LogP contribution in [0.15, 0.2) is 0 Å². The van der Waals surface area contributed by atoms with Crippen LogP contribution in [0.5, 0.6) is 0 Å². The second kappa shape index (κ2) is 2.42. The average molecular weight is 184 g/mol. The lowest BCUT2D eigenvalue weighted by Crippen LogP contribution is -2.04. The molecular formula is C7H6ClN3O. The second-order valence-electron chi connectivity index (χ2n) is 2.61. The maximum Gasteiger partial charge on any atom is 0.230 e. The number of nitrogens with zero attached hydrogens (tertiary/aromatic N) is 2. The van der Waals surface area contributed by atoms with E-state index >= 15 is 0 Å². The Hall–Kier alpha value is -1.16. The van der Waals surface area contributed by atoms with E-state index in [4.69, 9.17) is 11.6 Å². The molecule has 62 valence electrons. The van der Waals surface area contributed by atoms with Gasteiger partial charge in [-0.15, -0.1) is 0 Å². The van der Waals surface area contributed by atoms with Crippen molar-refractivity contribution in [3.63, 3.8) is 0 Å². The quantitative estimate of drug-likeness (QED) is 0.609. The summed E-state index contributed by atoms with van der Waals surface area (Å²) >= 11 is 5.80. The normalized spacial score (nSPS) is 14.3. The van der Waals surface area contributed by atoms with E-state index in [9.17, 15) is 4.79 Å². The molecule has 0 atom stereocenters. The number of nitrogens with one attached hydrogen (secondary N) is 1. The fourth-order valence-corrected chi connectivity index (χ4v) is 1.44. The zero-order valence-electron chi connectivity index (χ0n) is 6.39. The number of rotatable bonds is 0. The summed E-state index contributed by atoms with van der Waals surface area (Å²) in [6.45, 7) is 1.73. The summed E-state index contributed by atoms with van der Waals surface area (Å²) in [6, 6.07) is 0. The molecule has 1 aromatic heterocycles. The first-order valence-electron chi connectivity index (χ1n) is 3.49. The van der Waals surface area contributed by atoms with E-state index in [1.165, 1.54) is 0 Å². The summed E-state index contributed by atoms with van der Waals surface area (Å²) < 4.78 is 0. The molecule has 12 heavy (non-hydrogen) atoms. The Morgan fingerprint density at radius 3 is 3.00 bits per heavy atom. The van der Waals surface area contributed by atoms with Crippen molar-refractivity contribution in [3.05, 3.63) is 16.5 Å². The Labute approximate surface area is 74.0 Å². The fraction of sp³-hybridized carbons (Fsp3) is 0.286. The molecule has 0 spiro atoms. The van der Waals surface area contributed by atoms with Crippen molar-refractivity contribution in [3.8, 4) is 0 Å². The van der Waals surface area contributed by atoms with Gasteiger partial charge in [-0.05, 0) is 6.92 Å². The molecule has 0 aromatic carbocycles. The van der Waals surface area contributed by atoms with Crippen LogP contribution in [0.25, 0.3) is 0 Å².